The van der Waals surface area contributed by atoms with E-state index >= 15 is 0 Å². The monoisotopic (exact) mass is 146 g/mol. The zero-order chi connectivity index (χ0) is 7.68. The summed E-state index contributed by atoms with van der Waals surface area (Å²) < 4.78 is 5.29. The molecule has 11 heavy (non-hydrogen) atoms. The van der Waals surface area contributed by atoms with Crippen LogP contribution in [0.3, 0.4) is 0 Å². The van der Waals surface area contributed by atoms with E-state index in [4.69, 9.17) is 4.42 Å². The molecule has 0 fully saturated rings. The molecule has 2 rings (SSSR count). The summed E-state index contributed by atoms with van der Waals surface area (Å²) in [5.41, 5.74) is 2.61. The average Bonchev–Trinajstić information content (AvgIpc) is 2.47. The lowest BCUT2D eigenvalue weighted by Crippen LogP contribution is -1.78. The molecule has 0 saturated carbocycles. The maximum Gasteiger partial charge on any atom is 0.134 e. The van der Waals surface area contributed by atoms with Gasteiger partial charge in [-0.3, -0.25) is 0 Å². The van der Waals surface area contributed by atoms with E-state index in [0.29, 0.717) is 0 Å². The zero-order valence-corrected chi connectivity index (χ0v) is 6.50. The van der Waals surface area contributed by atoms with E-state index in [1.165, 1.54) is 11.1 Å². The molecule has 1 aliphatic heterocycles. The van der Waals surface area contributed by atoms with Crippen molar-refractivity contribution in [1.29, 1.82) is 0 Å². The van der Waals surface area contributed by atoms with Gasteiger partial charge < -0.3 is 4.42 Å². The summed E-state index contributed by atoms with van der Waals surface area (Å²) in [5.74, 6) is 0.990. The number of aryl methyl sites for hydroxylation is 1. The Bertz CT molecular complexity index is 322. The highest BCUT2D eigenvalue weighted by Gasteiger charge is 2.07. The van der Waals surface area contributed by atoms with Gasteiger partial charge in [0.1, 0.15) is 5.76 Å². The average molecular weight is 146 g/mol. The van der Waals surface area contributed by atoms with Crippen LogP contribution in [0.5, 0.6) is 0 Å². The first kappa shape index (κ1) is 6.47. The lowest BCUT2D eigenvalue weighted by atomic mass is 10.1. The molecular formula is C10H10O. The van der Waals surface area contributed by atoms with Gasteiger partial charge in [0.15, 0.2) is 0 Å². The van der Waals surface area contributed by atoms with Gasteiger partial charge in [0, 0.05) is 5.56 Å². The summed E-state index contributed by atoms with van der Waals surface area (Å²) in [7, 11) is 0. The summed E-state index contributed by atoms with van der Waals surface area (Å²) in [6.07, 6.45) is 2.78. The van der Waals surface area contributed by atoms with Gasteiger partial charge in [0.25, 0.3) is 0 Å². The SMILES string of the molecule is CCc1ccc2occcc1-2. The van der Waals surface area contributed by atoms with Crippen LogP contribution >= 0.6 is 0 Å². The minimum Gasteiger partial charge on any atom is -0.464 e. The summed E-state index contributed by atoms with van der Waals surface area (Å²) >= 11 is 0. The minimum atomic E-state index is 0.990. The molecule has 0 amide bonds. The molecule has 56 valence electrons. The molecule has 1 aliphatic carbocycles. The van der Waals surface area contributed by atoms with Crippen LogP contribution in [0.1, 0.15) is 12.5 Å². The summed E-state index contributed by atoms with van der Waals surface area (Å²) in [6.45, 7) is 2.15. The Morgan fingerprint density at radius 2 is 2.18 bits per heavy atom. The Hall–Kier alpha value is -1.24. The molecule has 0 N–H and O–H groups in total. The van der Waals surface area contributed by atoms with Crippen molar-refractivity contribution in [2.45, 2.75) is 13.3 Å². The second-order valence-corrected chi connectivity index (χ2v) is 2.60. The third-order valence-electron chi connectivity index (χ3n) is 1.96. The Kier molecular flexibility index (Phi) is 1.42. The van der Waals surface area contributed by atoms with E-state index < -0.39 is 0 Å². The number of hydrogen-bond donors (Lipinski definition) is 0. The van der Waals surface area contributed by atoms with E-state index in [0.717, 1.165) is 12.2 Å². The van der Waals surface area contributed by atoms with Crippen LogP contribution in [0, 0.1) is 0 Å². The number of fused-ring (bicyclic) bond motifs is 1. The molecule has 2 aliphatic rings. The predicted octanol–water partition coefficient (Wildman–Crippen LogP) is 2.95. The van der Waals surface area contributed by atoms with Crippen LogP contribution in [0.4, 0.5) is 0 Å². The minimum absolute atomic E-state index is 0.990. The number of rotatable bonds is 1. The van der Waals surface area contributed by atoms with Gasteiger partial charge in [-0.1, -0.05) is 13.0 Å². The fraction of sp³-hybridized carbons (Fsp3) is 0.200. The summed E-state index contributed by atoms with van der Waals surface area (Å²) in [4.78, 5) is 0. The molecule has 0 saturated heterocycles. The van der Waals surface area contributed by atoms with Gasteiger partial charge in [0.05, 0.1) is 6.26 Å². The van der Waals surface area contributed by atoms with Crippen LogP contribution in [-0.2, 0) is 6.42 Å². The van der Waals surface area contributed by atoms with Gasteiger partial charge >= 0.3 is 0 Å². The molecule has 0 spiro atoms. The van der Waals surface area contributed by atoms with Crippen LogP contribution < -0.4 is 0 Å². The van der Waals surface area contributed by atoms with E-state index in [1.807, 2.05) is 12.1 Å². The van der Waals surface area contributed by atoms with E-state index in [9.17, 15) is 0 Å². The first-order valence-electron chi connectivity index (χ1n) is 3.87. The standard InChI is InChI=1S/C10H10O/c1-2-8-5-6-10-9(8)4-3-7-11-10/h3-7H,2H2,1H3. The highest BCUT2D eigenvalue weighted by atomic mass is 16.3. The van der Waals surface area contributed by atoms with E-state index in [2.05, 4.69) is 19.1 Å². The van der Waals surface area contributed by atoms with Gasteiger partial charge in [-0.05, 0) is 30.2 Å². The molecule has 0 aromatic heterocycles. The van der Waals surface area contributed by atoms with Crippen molar-refractivity contribution in [3.63, 3.8) is 0 Å². The molecule has 0 bridgehead atoms. The van der Waals surface area contributed by atoms with Crippen LogP contribution in [-0.4, -0.2) is 0 Å². The van der Waals surface area contributed by atoms with Crippen LogP contribution in [0.15, 0.2) is 34.9 Å². The van der Waals surface area contributed by atoms with Crippen molar-refractivity contribution < 1.29 is 4.42 Å². The Morgan fingerprint density at radius 1 is 1.27 bits per heavy atom. The molecule has 0 radical (unpaired) electrons. The van der Waals surface area contributed by atoms with Crippen LogP contribution in [0.25, 0.3) is 11.3 Å². The van der Waals surface area contributed by atoms with Crippen molar-refractivity contribution in [2.75, 3.05) is 0 Å². The molecular weight excluding hydrogens is 136 g/mol. The quantitative estimate of drug-likeness (QED) is 0.602. The zero-order valence-electron chi connectivity index (χ0n) is 6.50. The topological polar surface area (TPSA) is 13.1 Å². The first-order valence-corrected chi connectivity index (χ1v) is 3.87. The second-order valence-electron chi connectivity index (χ2n) is 2.60. The predicted molar refractivity (Wildman–Crippen MR) is 44.7 cm³/mol. The van der Waals surface area contributed by atoms with Crippen molar-refractivity contribution in [2.24, 2.45) is 0 Å². The lowest BCUT2D eigenvalue weighted by molar-refractivity contribution is 0.566. The second kappa shape index (κ2) is 2.42. The number of hydrogen-bond acceptors (Lipinski definition) is 1. The maximum absolute atomic E-state index is 5.29. The highest BCUT2D eigenvalue weighted by molar-refractivity contribution is 5.65. The highest BCUT2D eigenvalue weighted by Crippen LogP contribution is 2.27. The van der Waals surface area contributed by atoms with Crippen molar-refractivity contribution in [3.8, 4) is 11.3 Å². The smallest absolute Gasteiger partial charge is 0.134 e. The molecule has 0 unspecified atom stereocenters. The molecule has 1 nitrogen and oxygen atoms in total. The van der Waals surface area contributed by atoms with Crippen LogP contribution in [0.2, 0.25) is 0 Å². The Labute approximate surface area is 66.0 Å². The normalized spacial score (nSPS) is 10.6. The first-order chi connectivity index (χ1) is 5.42. The fourth-order valence-corrected chi connectivity index (χ4v) is 1.36. The fourth-order valence-electron chi connectivity index (χ4n) is 1.36. The molecule has 0 aromatic rings. The molecule has 1 heteroatoms. The van der Waals surface area contributed by atoms with Gasteiger partial charge in [-0.15, -0.1) is 0 Å². The van der Waals surface area contributed by atoms with Crippen molar-refractivity contribution in [1.82, 2.24) is 0 Å². The summed E-state index contributed by atoms with van der Waals surface area (Å²) in [5, 5.41) is 0. The van der Waals surface area contributed by atoms with E-state index in [-0.39, 0.29) is 0 Å². The third-order valence-corrected chi connectivity index (χ3v) is 1.96. The molecule has 0 aromatic carbocycles. The van der Waals surface area contributed by atoms with Gasteiger partial charge in [-0.25, -0.2) is 0 Å². The van der Waals surface area contributed by atoms with Crippen molar-refractivity contribution >= 4 is 0 Å². The van der Waals surface area contributed by atoms with Gasteiger partial charge in [0.2, 0.25) is 0 Å². The van der Waals surface area contributed by atoms with Crippen molar-refractivity contribution in [3.05, 3.63) is 36.1 Å². The van der Waals surface area contributed by atoms with E-state index in [1.54, 1.807) is 6.26 Å². The Balaban J connectivity index is 2.64. The Morgan fingerprint density at radius 3 is 3.00 bits per heavy atom. The van der Waals surface area contributed by atoms with Gasteiger partial charge in [-0.2, -0.15) is 0 Å². The third kappa shape index (κ3) is 0.929. The summed E-state index contributed by atoms with van der Waals surface area (Å²) in [6, 6.07) is 8.17. The maximum atomic E-state index is 5.29. The molecule has 0 atom stereocenters. The lowest BCUT2D eigenvalue weighted by Gasteiger charge is -1.98. The largest absolute Gasteiger partial charge is 0.464 e. The molecule has 1 heterocycles.